The molecule has 0 spiro atoms. The summed E-state index contributed by atoms with van der Waals surface area (Å²) < 4.78 is 4.63. The molecule has 0 radical (unpaired) electrons. The molecule has 1 unspecified atom stereocenters. The lowest BCUT2D eigenvalue weighted by molar-refractivity contribution is -0.142. The number of ether oxygens (including phenoxy) is 1. The molecule has 0 heterocycles. The highest BCUT2D eigenvalue weighted by Gasteiger charge is 2.19. The molecule has 0 saturated carbocycles. The van der Waals surface area contributed by atoms with Crippen LogP contribution in [-0.2, 0) is 28.8 Å². The number of methoxy groups -OCH3 is 1. The SMILES string of the molecule is COC(=O)C(N)CCc1ccc(O)c2c1CCCC2. The van der Waals surface area contributed by atoms with Gasteiger partial charge in [-0.15, -0.1) is 0 Å². The second-order valence-electron chi connectivity index (χ2n) is 5.08. The predicted molar refractivity (Wildman–Crippen MR) is 73.1 cm³/mol. The first-order valence-electron chi connectivity index (χ1n) is 6.79. The first-order chi connectivity index (χ1) is 9.13. The maximum absolute atomic E-state index is 11.3. The number of benzene rings is 1. The molecule has 1 aromatic rings. The van der Waals surface area contributed by atoms with Crippen molar-refractivity contribution in [3.8, 4) is 5.75 Å². The standard InChI is InChI=1S/C15H21NO3/c1-19-15(18)13(16)8-6-10-7-9-14(17)12-5-3-2-4-11(10)12/h7,9,13,17H,2-6,8,16H2,1H3. The van der Waals surface area contributed by atoms with Crippen molar-refractivity contribution >= 4 is 5.97 Å². The van der Waals surface area contributed by atoms with Crippen LogP contribution in [0.4, 0.5) is 0 Å². The minimum absolute atomic E-state index is 0.368. The summed E-state index contributed by atoms with van der Waals surface area (Å²) in [5.41, 5.74) is 9.29. The van der Waals surface area contributed by atoms with Crippen molar-refractivity contribution in [2.45, 2.75) is 44.6 Å². The van der Waals surface area contributed by atoms with E-state index in [9.17, 15) is 9.90 Å². The van der Waals surface area contributed by atoms with Gasteiger partial charge in [0.05, 0.1) is 7.11 Å². The van der Waals surface area contributed by atoms with Crippen LogP contribution in [0.1, 0.15) is 36.0 Å². The minimum Gasteiger partial charge on any atom is -0.508 e. The van der Waals surface area contributed by atoms with Crippen LogP contribution < -0.4 is 5.73 Å². The zero-order valence-corrected chi connectivity index (χ0v) is 11.3. The Morgan fingerprint density at radius 3 is 2.74 bits per heavy atom. The Morgan fingerprint density at radius 2 is 2.05 bits per heavy atom. The number of phenolic OH excluding ortho intramolecular Hbond substituents is 1. The van der Waals surface area contributed by atoms with Gasteiger partial charge in [-0.3, -0.25) is 4.79 Å². The Balaban J connectivity index is 2.11. The van der Waals surface area contributed by atoms with Crippen molar-refractivity contribution in [2.75, 3.05) is 7.11 Å². The van der Waals surface area contributed by atoms with Gasteiger partial charge in [-0.25, -0.2) is 0 Å². The Labute approximate surface area is 113 Å². The molecule has 0 bridgehead atoms. The monoisotopic (exact) mass is 263 g/mol. The zero-order chi connectivity index (χ0) is 13.8. The highest BCUT2D eigenvalue weighted by Crippen LogP contribution is 2.32. The largest absolute Gasteiger partial charge is 0.508 e. The van der Waals surface area contributed by atoms with Crippen molar-refractivity contribution in [1.82, 2.24) is 0 Å². The Bertz CT molecular complexity index is 471. The second-order valence-corrected chi connectivity index (χ2v) is 5.08. The van der Waals surface area contributed by atoms with E-state index in [1.807, 2.05) is 6.07 Å². The molecule has 1 aromatic carbocycles. The highest BCUT2D eigenvalue weighted by atomic mass is 16.5. The van der Waals surface area contributed by atoms with E-state index in [4.69, 9.17) is 5.73 Å². The molecule has 1 atom stereocenters. The third-order valence-corrected chi connectivity index (χ3v) is 3.84. The third-order valence-electron chi connectivity index (χ3n) is 3.84. The predicted octanol–water partition coefficient (Wildman–Crippen LogP) is 1.70. The minimum atomic E-state index is -0.571. The molecule has 1 aliphatic rings. The number of fused-ring (bicyclic) bond motifs is 1. The van der Waals surface area contributed by atoms with Crippen molar-refractivity contribution in [3.63, 3.8) is 0 Å². The first kappa shape index (κ1) is 13.9. The molecule has 0 aliphatic heterocycles. The number of rotatable bonds is 4. The highest BCUT2D eigenvalue weighted by molar-refractivity contribution is 5.75. The van der Waals surface area contributed by atoms with Gasteiger partial charge in [-0.05, 0) is 61.3 Å². The van der Waals surface area contributed by atoms with Gasteiger partial charge in [0.15, 0.2) is 0 Å². The number of aryl methyl sites for hydroxylation is 1. The van der Waals surface area contributed by atoms with Gasteiger partial charge in [0, 0.05) is 0 Å². The van der Waals surface area contributed by atoms with Gasteiger partial charge in [0.2, 0.25) is 0 Å². The Kier molecular flexibility index (Phi) is 4.43. The fraction of sp³-hybridized carbons (Fsp3) is 0.533. The molecule has 2 rings (SSSR count). The number of hydrogen-bond acceptors (Lipinski definition) is 4. The van der Waals surface area contributed by atoms with E-state index in [0.29, 0.717) is 12.2 Å². The number of hydrogen-bond donors (Lipinski definition) is 2. The Hall–Kier alpha value is -1.55. The molecule has 19 heavy (non-hydrogen) atoms. The zero-order valence-electron chi connectivity index (χ0n) is 11.3. The summed E-state index contributed by atoms with van der Waals surface area (Å²) in [7, 11) is 1.35. The van der Waals surface area contributed by atoms with Crippen molar-refractivity contribution in [1.29, 1.82) is 0 Å². The first-order valence-corrected chi connectivity index (χ1v) is 6.79. The van der Waals surface area contributed by atoms with Gasteiger partial charge in [-0.2, -0.15) is 0 Å². The smallest absolute Gasteiger partial charge is 0.322 e. The van der Waals surface area contributed by atoms with Gasteiger partial charge in [0.1, 0.15) is 11.8 Å². The van der Waals surface area contributed by atoms with Crippen molar-refractivity contribution in [2.24, 2.45) is 5.73 Å². The summed E-state index contributed by atoms with van der Waals surface area (Å²) in [6, 6.07) is 3.13. The fourth-order valence-corrected chi connectivity index (χ4v) is 2.74. The second kappa shape index (κ2) is 6.06. The molecule has 4 nitrogen and oxygen atoms in total. The molecule has 3 N–H and O–H groups in total. The number of esters is 1. The summed E-state index contributed by atoms with van der Waals surface area (Å²) in [4.78, 5) is 11.3. The maximum Gasteiger partial charge on any atom is 0.322 e. The molecular weight excluding hydrogens is 242 g/mol. The van der Waals surface area contributed by atoms with Crippen molar-refractivity contribution < 1.29 is 14.6 Å². The number of nitrogens with two attached hydrogens (primary N) is 1. The quantitative estimate of drug-likeness (QED) is 0.811. The van der Waals surface area contributed by atoms with Crippen LogP contribution in [0.2, 0.25) is 0 Å². The lowest BCUT2D eigenvalue weighted by Gasteiger charge is -2.21. The average Bonchev–Trinajstić information content (AvgIpc) is 2.45. The van der Waals surface area contributed by atoms with E-state index in [1.165, 1.54) is 18.2 Å². The van der Waals surface area contributed by atoms with Crippen LogP contribution in [0.5, 0.6) is 5.75 Å². The van der Waals surface area contributed by atoms with Gasteiger partial charge >= 0.3 is 5.97 Å². The average molecular weight is 263 g/mol. The topological polar surface area (TPSA) is 72.5 Å². The maximum atomic E-state index is 11.3. The lowest BCUT2D eigenvalue weighted by Crippen LogP contribution is -2.32. The van der Waals surface area contributed by atoms with Crippen LogP contribution in [0.25, 0.3) is 0 Å². The number of carbonyl (C=O) groups excluding carboxylic acids is 1. The number of aromatic hydroxyl groups is 1. The molecule has 1 aliphatic carbocycles. The molecule has 0 amide bonds. The Morgan fingerprint density at radius 1 is 1.37 bits per heavy atom. The van der Waals surface area contributed by atoms with E-state index in [-0.39, 0.29) is 5.97 Å². The lowest BCUT2D eigenvalue weighted by atomic mass is 9.86. The molecule has 0 saturated heterocycles. The summed E-state index contributed by atoms with van der Waals surface area (Å²) in [5, 5.41) is 9.89. The van der Waals surface area contributed by atoms with Gasteiger partial charge < -0.3 is 15.6 Å². The van der Waals surface area contributed by atoms with Crippen LogP contribution >= 0.6 is 0 Å². The van der Waals surface area contributed by atoms with Crippen molar-refractivity contribution in [3.05, 3.63) is 28.8 Å². The number of carbonyl (C=O) groups is 1. The van der Waals surface area contributed by atoms with Crippen LogP contribution in [0.3, 0.4) is 0 Å². The van der Waals surface area contributed by atoms with E-state index in [2.05, 4.69) is 4.74 Å². The number of phenols is 1. The van der Waals surface area contributed by atoms with E-state index < -0.39 is 6.04 Å². The molecule has 0 fully saturated rings. The van der Waals surface area contributed by atoms with E-state index >= 15 is 0 Å². The summed E-state index contributed by atoms with van der Waals surface area (Å²) in [5.74, 6) is 0.0309. The molecule has 0 aromatic heterocycles. The fourth-order valence-electron chi connectivity index (χ4n) is 2.74. The van der Waals surface area contributed by atoms with Crippen LogP contribution in [-0.4, -0.2) is 24.2 Å². The summed E-state index contributed by atoms with van der Waals surface area (Å²) in [6.45, 7) is 0. The molecule has 4 heteroatoms. The van der Waals surface area contributed by atoms with E-state index in [0.717, 1.165) is 37.7 Å². The summed E-state index contributed by atoms with van der Waals surface area (Å²) in [6.07, 6.45) is 5.56. The normalized spacial score (nSPS) is 15.7. The van der Waals surface area contributed by atoms with Gasteiger partial charge in [0.25, 0.3) is 0 Å². The third kappa shape index (κ3) is 3.07. The van der Waals surface area contributed by atoms with Gasteiger partial charge in [-0.1, -0.05) is 6.07 Å². The molecular formula is C15H21NO3. The summed E-state index contributed by atoms with van der Waals surface area (Å²) >= 11 is 0. The van der Waals surface area contributed by atoms with Crippen LogP contribution in [0.15, 0.2) is 12.1 Å². The van der Waals surface area contributed by atoms with E-state index in [1.54, 1.807) is 6.07 Å². The van der Waals surface area contributed by atoms with Crippen LogP contribution in [0, 0.1) is 0 Å². The molecule has 104 valence electrons.